The smallest absolute Gasteiger partial charge is 0.264 e. The van der Waals surface area contributed by atoms with Gasteiger partial charge in [0.1, 0.15) is 11.7 Å². The van der Waals surface area contributed by atoms with Gasteiger partial charge >= 0.3 is 0 Å². The fourth-order valence-corrected chi connectivity index (χ4v) is 2.61. The molecule has 1 aromatic heterocycles. The van der Waals surface area contributed by atoms with Crippen molar-refractivity contribution in [2.45, 2.75) is 63.1 Å². The lowest BCUT2D eigenvalue weighted by atomic mass is 9.93. The van der Waals surface area contributed by atoms with Crippen LogP contribution in [-0.4, -0.2) is 34.9 Å². The van der Waals surface area contributed by atoms with Gasteiger partial charge in [0.25, 0.3) is 6.43 Å². The fraction of sp³-hybridized carbons (Fsp3) is 0.846. The number of alkyl halides is 2. The van der Waals surface area contributed by atoms with Crippen LogP contribution in [0.5, 0.6) is 0 Å². The molecule has 1 N–H and O–H groups in total. The summed E-state index contributed by atoms with van der Waals surface area (Å²) >= 11 is 0. The molecular formula is C13H20F2N2O3. The van der Waals surface area contributed by atoms with Gasteiger partial charge in [-0.25, -0.2) is 8.78 Å². The summed E-state index contributed by atoms with van der Waals surface area (Å²) < 4.78 is 35.2. The summed E-state index contributed by atoms with van der Waals surface area (Å²) in [5.74, 6) is 0.423. The summed E-state index contributed by atoms with van der Waals surface area (Å²) in [6.45, 7) is 0. The van der Waals surface area contributed by atoms with Crippen molar-refractivity contribution in [3.63, 3.8) is 0 Å². The van der Waals surface area contributed by atoms with Crippen LogP contribution in [0.15, 0.2) is 4.52 Å². The fourth-order valence-electron chi connectivity index (χ4n) is 2.61. The highest BCUT2D eigenvalue weighted by Crippen LogP contribution is 2.37. The normalized spacial score (nSPS) is 20.9. The van der Waals surface area contributed by atoms with Crippen molar-refractivity contribution in [1.82, 2.24) is 10.1 Å². The SMILES string of the molecule is COC1(c2noc(CC(O)C(F)F)n2)CCCCCC1. The molecule has 1 aliphatic carbocycles. The van der Waals surface area contributed by atoms with Crippen molar-refractivity contribution in [2.75, 3.05) is 7.11 Å². The van der Waals surface area contributed by atoms with Crippen LogP contribution < -0.4 is 0 Å². The number of nitrogens with zero attached hydrogens (tertiary/aromatic N) is 2. The lowest BCUT2D eigenvalue weighted by molar-refractivity contribution is -0.0365. The number of methoxy groups -OCH3 is 1. The van der Waals surface area contributed by atoms with Crippen LogP contribution in [0.1, 0.15) is 50.2 Å². The Kier molecular flexibility index (Phi) is 5.04. The molecular weight excluding hydrogens is 270 g/mol. The highest BCUT2D eigenvalue weighted by Gasteiger charge is 2.37. The zero-order chi connectivity index (χ0) is 14.6. The molecule has 1 saturated carbocycles. The van der Waals surface area contributed by atoms with Gasteiger partial charge in [0, 0.05) is 7.11 Å². The monoisotopic (exact) mass is 290 g/mol. The lowest BCUT2D eigenvalue weighted by Crippen LogP contribution is -2.29. The van der Waals surface area contributed by atoms with Gasteiger partial charge in [-0.05, 0) is 12.8 Å². The van der Waals surface area contributed by atoms with E-state index < -0.39 is 18.1 Å². The van der Waals surface area contributed by atoms with Crippen LogP contribution in [-0.2, 0) is 16.8 Å². The largest absolute Gasteiger partial charge is 0.387 e. The maximum absolute atomic E-state index is 12.3. The second-order valence-electron chi connectivity index (χ2n) is 5.23. The number of rotatable bonds is 5. The van der Waals surface area contributed by atoms with Crippen LogP contribution in [0, 0.1) is 0 Å². The highest BCUT2D eigenvalue weighted by atomic mass is 19.3. The molecule has 0 saturated heterocycles. The molecule has 0 amide bonds. The molecule has 0 aliphatic heterocycles. The van der Waals surface area contributed by atoms with E-state index in [1.54, 1.807) is 7.11 Å². The third-order valence-corrected chi connectivity index (χ3v) is 3.85. The number of aliphatic hydroxyl groups excluding tert-OH is 1. The molecule has 1 aromatic rings. The predicted molar refractivity (Wildman–Crippen MR) is 66.4 cm³/mol. The highest BCUT2D eigenvalue weighted by molar-refractivity contribution is 5.03. The standard InChI is InChI=1S/C13H20F2N2O3/c1-19-13(6-4-2-3-5-7-13)12-16-10(20-17-12)8-9(18)11(14)15/h9,11,18H,2-8H2,1H3. The molecule has 0 spiro atoms. The summed E-state index contributed by atoms with van der Waals surface area (Å²) in [6, 6.07) is 0. The summed E-state index contributed by atoms with van der Waals surface area (Å²) in [6.07, 6.45) is 0.939. The second kappa shape index (κ2) is 6.58. The lowest BCUT2D eigenvalue weighted by Gasteiger charge is -2.27. The van der Waals surface area contributed by atoms with E-state index in [9.17, 15) is 8.78 Å². The Hall–Kier alpha value is -1.08. The van der Waals surface area contributed by atoms with Gasteiger partial charge in [-0.15, -0.1) is 0 Å². The van der Waals surface area contributed by atoms with Crippen LogP contribution in [0.2, 0.25) is 0 Å². The molecule has 0 bridgehead atoms. The van der Waals surface area contributed by atoms with E-state index in [4.69, 9.17) is 14.4 Å². The van der Waals surface area contributed by atoms with E-state index in [-0.39, 0.29) is 12.3 Å². The Morgan fingerprint density at radius 1 is 1.30 bits per heavy atom. The molecule has 0 aromatic carbocycles. The molecule has 1 aliphatic rings. The molecule has 0 radical (unpaired) electrons. The van der Waals surface area contributed by atoms with Gasteiger partial charge in [-0.1, -0.05) is 30.8 Å². The summed E-state index contributed by atoms with van der Waals surface area (Å²) in [4.78, 5) is 4.14. The number of ether oxygens (including phenoxy) is 1. The molecule has 20 heavy (non-hydrogen) atoms. The molecule has 114 valence electrons. The maximum Gasteiger partial charge on any atom is 0.264 e. The van der Waals surface area contributed by atoms with Crippen LogP contribution in [0.3, 0.4) is 0 Å². The van der Waals surface area contributed by atoms with E-state index in [1.807, 2.05) is 0 Å². The van der Waals surface area contributed by atoms with Gasteiger partial charge in [0.05, 0.1) is 6.42 Å². The van der Waals surface area contributed by atoms with Crippen molar-refractivity contribution in [1.29, 1.82) is 0 Å². The molecule has 1 heterocycles. The average molecular weight is 290 g/mol. The third kappa shape index (κ3) is 3.32. The Labute approximate surface area is 116 Å². The van der Waals surface area contributed by atoms with Gasteiger partial charge in [-0.2, -0.15) is 4.98 Å². The molecule has 7 heteroatoms. The summed E-state index contributed by atoms with van der Waals surface area (Å²) in [5.41, 5.74) is -0.589. The Morgan fingerprint density at radius 3 is 2.50 bits per heavy atom. The summed E-state index contributed by atoms with van der Waals surface area (Å²) in [7, 11) is 1.61. The first-order chi connectivity index (χ1) is 9.57. The van der Waals surface area contributed by atoms with Crippen LogP contribution in [0.25, 0.3) is 0 Å². The maximum atomic E-state index is 12.3. The number of aromatic nitrogens is 2. The minimum atomic E-state index is -2.82. The van der Waals surface area contributed by atoms with E-state index in [0.717, 1.165) is 38.5 Å². The van der Waals surface area contributed by atoms with Crippen LogP contribution >= 0.6 is 0 Å². The minimum Gasteiger partial charge on any atom is -0.387 e. The minimum absolute atomic E-state index is 0.0217. The van der Waals surface area contributed by atoms with Crippen molar-refractivity contribution >= 4 is 0 Å². The topological polar surface area (TPSA) is 68.4 Å². The third-order valence-electron chi connectivity index (χ3n) is 3.85. The number of halogens is 2. The zero-order valence-corrected chi connectivity index (χ0v) is 11.5. The van der Waals surface area contributed by atoms with E-state index in [0.29, 0.717) is 5.82 Å². The Morgan fingerprint density at radius 2 is 1.95 bits per heavy atom. The van der Waals surface area contributed by atoms with Crippen molar-refractivity contribution in [3.05, 3.63) is 11.7 Å². The molecule has 1 fully saturated rings. The molecule has 1 atom stereocenters. The first-order valence-electron chi connectivity index (χ1n) is 6.92. The predicted octanol–water partition coefficient (Wildman–Crippen LogP) is 2.43. The quantitative estimate of drug-likeness (QED) is 0.843. The number of hydrogen-bond acceptors (Lipinski definition) is 5. The van der Waals surface area contributed by atoms with E-state index >= 15 is 0 Å². The van der Waals surface area contributed by atoms with Gasteiger partial charge < -0.3 is 14.4 Å². The Balaban J connectivity index is 2.13. The first kappa shape index (κ1) is 15.3. The average Bonchev–Trinajstić information content (AvgIpc) is 2.76. The van der Waals surface area contributed by atoms with Crippen molar-refractivity contribution in [3.8, 4) is 0 Å². The molecule has 2 rings (SSSR count). The molecule has 5 nitrogen and oxygen atoms in total. The van der Waals surface area contributed by atoms with Crippen molar-refractivity contribution in [2.24, 2.45) is 0 Å². The van der Waals surface area contributed by atoms with E-state index in [1.165, 1.54) is 0 Å². The van der Waals surface area contributed by atoms with Crippen molar-refractivity contribution < 1.29 is 23.1 Å². The van der Waals surface area contributed by atoms with Gasteiger partial charge in [0.2, 0.25) is 11.7 Å². The van der Waals surface area contributed by atoms with E-state index in [2.05, 4.69) is 10.1 Å². The second-order valence-corrected chi connectivity index (χ2v) is 5.23. The zero-order valence-electron chi connectivity index (χ0n) is 11.5. The van der Waals surface area contributed by atoms with Gasteiger partial charge in [0.15, 0.2) is 0 Å². The number of aliphatic hydroxyl groups is 1. The molecule has 1 unspecified atom stereocenters. The van der Waals surface area contributed by atoms with Gasteiger partial charge in [-0.3, -0.25) is 0 Å². The van der Waals surface area contributed by atoms with Crippen LogP contribution in [0.4, 0.5) is 8.78 Å². The number of hydrogen-bond donors (Lipinski definition) is 1. The summed E-state index contributed by atoms with van der Waals surface area (Å²) in [5, 5.41) is 13.0. The Bertz CT molecular complexity index is 418. The first-order valence-corrected chi connectivity index (χ1v) is 6.92.